The van der Waals surface area contributed by atoms with Crippen LogP contribution in [0.15, 0.2) is 36.5 Å². The number of amides is 1. The van der Waals surface area contributed by atoms with Gasteiger partial charge in [-0.2, -0.15) is 0 Å². The quantitative estimate of drug-likeness (QED) is 0.0268. The van der Waals surface area contributed by atoms with Crippen molar-refractivity contribution < 1.29 is 33.4 Å². The summed E-state index contributed by atoms with van der Waals surface area (Å²) < 4.78 is 17.3. The van der Waals surface area contributed by atoms with Gasteiger partial charge < -0.3 is 24.8 Å². The molecule has 0 aromatic carbocycles. The van der Waals surface area contributed by atoms with Crippen molar-refractivity contribution in [1.29, 1.82) is 0 Å². The predicted octanol–water partition coefficient (Wildman–Crippen LogP) is 16.8. The maximum absolute atomic E-state index is 13.1. The molecule has 9 heteroatoms. The number of rotatable bonds is 54. The Bertz CT molecular complexity index is 1140. The van der Waals surface area contributed by atoms with Crippen LogP contribution >= 0.6 is 0 Å². The second kappa shape index (κ2) is 53.8. The molecule has 0 aromatic heterocycles. The molecule has 0 saturated heterocycles. The van der Waals surface area contributed by atoms with Crippen LogP contribution in [0.2, 0.25) is 0 Å². The van der Waals surface area contributed by atoms with Gasteiger partial charge in [0.05, 0.1) is 6.54 Å². The molecular weight excluding hydrogens is 873 g/mol. The van der Waals surface area contributed by atoms with Gasteiger partial charge in [-0.3, -0.25) is 19.2 Å². The zero-order valence-corrected chi connectivity index (χ0v) is 46.3. The number of hydrogen-bond donors (Lipinski definition) is 2. The average Bonchev–Trinajstić information content (AvgIpc) is 3.35. The van der Waals surface area contributed by atoms with Crippen molar-refractivity contribution in [2.75, 3.05) is 33.4 Å². The molecule has 0 rings (SSSR count). The van der Waals surface area contributed by atoms with Gasteiger partial charge in [-0.25, -0.2) is 0 Å². The van der Waals surface area contributed by atoms with Crippen LogP contribution in [0.4, 0.5) is 0 Å². The van der Waals surface area contributed by atoms with Crippen LogP contribution in [0, 0.1) is 0 Å². The summed E-state index contributed by atoms with van der Waals surface area (Å²) >= 11 is 0. The van der Waals surface area contributed by atoms with Crippen LogP contribution in [0.25, 0.3) is 0 Å². The van der Waals surface area contributed by atoms with E-state index in [9.17, 15) is 19.2 Å². The summed E-state index contributed by atoms with van der Waals surface area (Å²) in [5, 5.41) is 5.77. The molecule has 0 heterocycles. The topological polar surface area (TPSA) is 120 Å². The molecule has 0 aliphatic heterocycles. The van der Waals surface area contributed by atoms with Crippen LogP contribution in [0.3, 0.4) is 0 Å². The number of allylic oxidation sites excluding steroid dienone is 6. The summed E-state index contributed by atoms with van der Waals surface area (Å²) in [5.74, 6) is -1.53. The van der Waals surface area contributed by atoms with Crippen LogP contribution in [0.5, 0.6) is 0 Å². The molecule has 70 heavy (non-hydrogen) atoms. The van der Waals surface area contributed by atoms with Crippen molar-refractivity contribution in [2.45, 2.75) is 296 Å². The fraction of sp³-hybridized carbons (Fsp3) is 0.836. The lowest BCUT2D eigenvalue weighted by molar-refractivity contribution is -0.159. The van der Waals surface area contributed by atoms with Gasteiger partial charge in [0.15, 0.2) is 0 Å². The van der Waals surface area contributed by atoms with Crippen molar-refractivity contribution in [3.8, 4) is 0 Å². The van der Waals surface area contributed by atoms with Crippen LogP contribution in [0.1, 0.15) is 290 Å². The Morgan fingerprint density at radius 3 is 0.814 bits per heavy atom. The number of nitrogens with one attached hydrogen (secondary N) is 2. The number of esters is 3. The normalized spacial score (nSPS) is 11.9. The van der Waals surface area contributed by atoms with Crippen LogP contribution in [-0.4, -0.2) is 62.8 Å². The lowest BCUT2D eigenvalue weighted by atomic mass is 10.0. The molecule has 0 unspecified atom stereocenters. The van der Waals surface area contributed by atoms with Gasteiger partial charge in [-0.05, 0) is 103 Å². The first-order valence-electron chi connectivity index (χ1n) is 29.7. The third-order valence-electron chi connectivity index (χ3n) is 13.2. The SMILES string of the molecule is CCCCCCCC/C=C\CCCCCCCC(=O)OCC(COC(=O)CCCCCCC/C=C\CCCCCCCC)(COC(=O)CCCCCCC/C=C\CCCCCCCC)NC(=O)CNC. The van der Waals surface area contributed by atoms with E-state index in [-0.39, 0.29) is 69.4 Å². The van der Waals surface area contributed by atoms with Crippen LogP contribution < -0.4 is 10.6 Å². The average molecular weight is 986 g/mol. The molecule has 0 aliphatic carbocycles. The minimum absolute atomic E-state index is 0.00363. The van der Waals surface area contributed by atoms with E-state index in [0.29, 0.717) is 19.3 Å². The van der Waals surface area contributed by atoms with E-state index in [1.807, 2.05) is 0 Å². The molecule has 0 saturated carbocycles. The molecule has 0 fully saturated rings. The predicted molar refractivity (Wildman–Crippen MR) is 296 cm³/mol. The zero-order valence-electron chi connectivity index (χ0n) is 46.3. The lowest BCUT2D eigenvalue weighted by Gasteiger charge is -2.33. The third kappa shape index (κ3) is 48.7. The number of carbonyl (C=O) groups is 4. The monoisotopic (exact) mass is 985 g/mol. The largest absolute Gasteiger partial charge is 0.463 e. The number of carbonyl (C=O) groups excluding carboxylic acids is 4. The summed E-state index contributed by atoms with van der Waals surface area (Å²) in [4.78, 5) is 52.3. The highest BCUT2D eigenvalue weighted by atomic mass is 16.6. The molecular formula is C61H112N2O7. The minimum Gasteiger partial charge on any atom is -0.463 e. The standard InChI is InChI=1S/C61H112N2O7/c1-5-8-11-14-17-20-23-26-29-32-35-38-41-44-47-50-58(65)68-54-61(63-57(64)53-62-4,55-69-59(66)51-48-45-42-39-36-33-30-27-24-21-18-15-12-9-6-2)56-70-60(67)52-49-46-43-40-37-34-31-28-25-22-19-16-13-10-7-3/h26-31,62H,5-25,32-56H2,1-4H3,(H,63,64)/b29-26-,30-27-,31-28-. The summed E-state index contributed by atoms with van der Waals surface area (Å²) in [6.45, 7) is 5.95. The minimum atomic E-state index is -1.41. The van der Waals surface area contributed by atoms with E-state index in [0.717, 1.165) is 96.3 Å². The number of likely N-dealkylation sites (N-methyl/N-ethyl adjacent to an activating group) is 1. The van der Waals surface area contributed by atoms with E-state index in [4.69, 9.17) is 14.2 Å². The van der Waals surface area contributed by atoms with Gasteiger partial charge in [0.1, 0.15) is 25.4 Å². The molecule has 0 aromatic rings. The number of ether oxygens (including phenoxy) is 3. The highest BCUT2D eigenvalue weighted by molar-refractivity contribution is 5.79. The van der Waals surface area contributed by atoms with Crippen molar-refractivity contribution >= 4 is 23.8 Å². The maximum Gasteiger partial charge on any atom is 0.305 e. The molecule has 2 N–H and O–H groups in total. The van der Waals surface area contributed by atoms with Gasteiger partial charge in [-0.15, -0.1) is 0 Å². The van der Waals surface area contributed by atoms with Gasteiger partial charge in [0.25, 0.3) is 0 Å². The summed E-state index contributed by atoms with van der Waals surface area (Å²) in [6.07, 6.45) is 60.4. The van der Waals surface area contributed by atoms with Crippen molar-refractivity contribution in [1.82, 2.24) is 10.6 Å². The molecule has 1 amide bonds. The van der Waals surface area contributed by atoms with E-state index in [1.165, 1.54) is 135 Å². The van der Waals surface area contributed by atoms with Gasteiger partial charge >= 0.3 is 17.9 Å². The molecule has 0 radical (unpaired) electrons. The maximum atomic E-state index is 13.1. The third-order valence-corrected chi connectivity index (χ3v) is 13.2. The van der Waals surface area contributed by atoms with E-state index >= 15 is 0 Å². The second-order valence-corrected chi connectivity index (χ2v) is 20.3. The summed E-state index contributed by atoms with van der Waals surface area (Å²) in [7, 11) is 1.66. The fourth-order valence-electron chi connectivity index (χ4n) is 8.63. The summed E-state index contributed by atoms with van der Waals surface area (Å²) in [5.41, 5.74) is -1.41. The first-order valence-corrected chi connectivity index (χ1v) is 29.7. The Kier molecular flexibility index (Phi) is 51.6. The first kappa shape index (κ1) is 67.1. The molecule has 9 nitrogen and oxygen atoms in total. The Labute approximate surface area is 432 Å². The highest BCUT2D eigenvalue weighted by Crippen LogP contribution is 2.17. The van der Waals surface area contributed by atoms with Crippen LogP contribution in [-0.2, 0) is 33.4 Å². The smallest absolute Gasteiger partial charge is 0.305 e. The van der Waals surface area contributed by atoms with Gasteiger partial charge in [0.2, 0.25) is 5.91 Å². The molecule has 0 spiro atoms. The van der Waals surface area contributed by atoms with Crippen molar-refractivity contribution in [3.63, 3.8) is 0 Å². The van der Waals surface area contributed by atoms with E-state index < -0.39 is 5.54 Å². The van der Waals surface area contributed by atoms with Gasteiger partial charge in [-0.1, -0.05) is 211 Å². The van der Waals surface area contributed by atoms with E-state index in [2.05, 4.69) is 67.9 Å². The fourth-order valence-corrected chi connectivity index (χ4v) is 8.63. The zero-order chi connectivity index (χ0) is 51.1. The first-order chi connectivity index (χ1) is 34.3. The molecule has 0 aliphatic rings. The van der Waals surface area contributed by atoms with Crippen molar-refractivity contribution in [3.05, 3.63) is 36.5 Å². The highest BCUT2D eigenvalue weighted by Gasteiger charge is 2.37. The van der Waals surface area contributed by atoms with Crippen molar-refractivity contribution in [2.24, 2.45) is 0 Å². The lowest BCUT2D eigenvalue weighted by Crippen LogP contribution is -2.60. The second-order valence-electron chi connectivity index (χ2n) is 20.3. The number of hydrogen-bond acceptors (Lipinski definition) is 8. The number of unbranched alkanes of at least 4 members (excludes halogenated alkanes) is 33. The van der Waals surface area contributed by atoms with E-state index in [1.54, 1.807) is 7.05 Å². The Morgan fingerprint density at radius 1 is 0.343 bits per heavy atom. The summed E-state index contributed by atoms with van der Waals surface area (Å²) in [6, 6.07) is 0. The van der Waals surface area contributed by atoms with Gasteiger partial charge in [0, 0.05) is 19.3 Å². The molecule has 408 valence electrons. The Balaban J connectivity index is 5.02. The Hall–Kier alpha value is -2.94. The molecule has 0 atom stereocenters. The Morgan fingerprint density at radius 2 is 0.571 bits per heavy atom. The molecule has 0 bridgehead atoms.